The zero-order valence-corrected chi connectivity index (χ0v) is 17.4. The highest BCUT2D eigenvalue weighted by atomic mass is 35.5. The summed E-state index contributed by atoms with van der Waals surface area (Å²) in [5, 5.41) is 5.26. The van der Waals surface area contributed by atoms with Crippen molar-refractivity contribution in [2.45, 2.75) is 0 Å². The van der Waals surface area contributed by atoms with E-state index in [1.807, 2.05) is 41.3 Å². The smallest absolute Gasteiger partial charge is 0.274 e. The summed E-state index contributed by atoms with van der Waals surface area (Å²) in [4.78, 5) is 21.4. The number of hydrogen-bond donors (Lipinski definition) is 0. The molecule has 7 nitrogen and oxygen atoms in total. The molecule has 4 aromatic rings. The predicted octanol–water partition coefficient (Wildman–Crippen LogP) is 4.14. The zero-order chi connectivity index (χ0) is 21.2. The Labute approximate surface area is 184 Å². The van der Waals surface area contributed by atoms with Gasteiger partial charge in [-0.15, -0.1) is 0 Å². The van der Waals surface area contributed by atoms with Gasteiger partial charge in [-0.05, 0) is 48.5 Å². The standard InChI is InChI=1S/C23H20ClN5O2/c24-17-3-5-19(6-4-17)29-21(22-2-1-15-31-22)16-20(26-29)23(30)28-13-11-27(12-14-28)18-7-9-25-10-8-18/h1-10,15-16H,11-14H2. The van der Waals surface area contributed by atoms with Crippen molar-refractivity contribution in [3.8, 4) is 17.1 Å². The van der Waals surface area contributed by atoms with E-state index >= 15 is 0 Å². The summed E-state index contributed by atoms with van der Waals surface area (Å²) in [7, 11) is 0. The van der Waals surface area contributed by atoms with Crippen molar-refractivity contribution >= 4 is 23.2 Å². The third-order valence-corrected chi connectivity index (χ3v) is 5.62. The number of carbonyl (C=O) groups excluding carboxylic acids is 1. The minimum atomic E-state index is -0.0881. The maximum Gasteiger partial charge on any atom is 0.274 e. The van der Waals surface area contributed by atoms with Crippen LogP contribution in [-0.4, -0.2) is 51.8 Å². The number of amides is 1. The number of piperazine rings is 1. The summed E-state index contributed by atoms with van der Waals surface area (Å²) in [6.45, 7) is 2.79. The fourth-order valence-corrected chi connectivity index (χ4v) is 3.88. The van der Waals surface area contributed by atoms with Gasteiger partial charge in [-0.1, -0.05) is 11.6 Å². The molecule has 0 unspecified atom stereocenters. The quantitative estimate of drug-likeness (QED) is 0.483. The molecule has 0 N–H and O–H groups in total. The molecule has 1 aliphatic rings. The van der Waals surface area contributed by atoms with Crippen LogP contribution in [0.2, 0.25) is 5.02 Å². The lowest BCUT2D eigenvalue weighted by molar-refractivity contribution is 0.0740. The third kappa shape index (κ3) is 3.92. The zero-order valence-electron chi connectivity index (χ0n) is 16.7. The van der Waals surface area contributed by atoms with Crippen molar-refractivity contribution in [2.75, 3.05) is 31.1 Å². The van der Waals surface area contributed by atoms with Crippen LogP contribution in [0.3, 0.4) is 0 Å². The minimum Gasteiger partial charge on any atom is -0.463 e. The van der Waals surface area contributed by atoms with E-state index in [4.69, 9.17) is 16.0 Å². The van der Waals surface area contributed by atoms with Crippen LogP contribution in [0.5, 0.6) is 0 Å². The van der Waals surface area contributed by atoms with Gasteiger partial charge in [-0.25, -0.2) is 4.68 Å². The van der Waals surface area contributed by atoms with Crippen molar-refractivity contribution in [2.24, 2.45) is 0 Å². The van der Waals surface area contributed by atoms with Crippen LogP contribution in [0.25, 0.3) is 17.1 Å². The molecule has 0 bridgehead atoms. The van der Waals surface area contributed by atoms with Crippen LogP contribution in [-0.2, 0) is 0 Å². The third-order valence-electron chi connectivity index (χ3n) is 5.37. The van der Waals surface area contributed by atoms with E-state index in [1.165, 1.54) is 0 Å². The van der Waals surface area contributed by atoms with Gasteiger partial charge in [-0.3, -0.25) is 9.78 Å². The molecule has 1 saturated heterocycles. The lowest BCUT2D eigenvalue weighted by Crippen LogP contribution is -2.48. The Hall–Kier alpha value is -3.58. The van der Waals surface area contributed by atoms with Crippen molar-refractivity contribution in [1.82, 2.24) is 19.7 Å². The summed E-state index contributed by atoms with van der Waals surface area (Å²) in [6.07, 6.45) is 5.17. The minimum absolute atomic E-state index is 0.0881. The Kier molecular flexibility index (Phi) is 5.18. The topological polar surface area (TPSA) is 67.4 Å². The molecule has 0 radical (unpaired) electrons. The van der Waals surface area contributed by atoms with Crippen LogP contribution in [0, 0.1) is 0 Å². The van der Waals surface area contributed by atoms with Gasteiger partial charge in [-0.2, -0.15) is 5.10 Å². The highest BCUT2D eigenvalue weighted by Crippen LogP contribution is 2.26. The number of hydrogen-bond acceptors (Lipinski definition) is 5. The molecule has 1 fully saturated rings. The lowest BCUT2D eigenvalue weighted by atomic mass is 10.2. The maximum absolute atomic E-state index is 13.2. The van der Waals surface area contributed by atoms with Gasteiger partial charge in [0.25, 0.3) is 5.91 Å². The monoisotopic (exact) mass is 433 g/mol. The van der Waals surface area contributed by atoms with Crippen LogP contribution in [0.4, 0.5) is 5.69 Å². The molecule has 0 saturated carbocycles. The second-order valence-electron chi connectivity index (χ2n) is 7.27. The van der Waals surface area contributed by atoms with Crippen molar-refractivity contribution in [3.63, 3.8) is 0 Å². The van der Waals surface area contributed by atoms with Crippen LogP contribution in [0.15, 0.2) is 77.7 Å². The molecule has 156 valence electrons. The number of furan rings is 1. The Balaban J connectivity index is 1.39. The Morgan fingerprint density at radius 2 is 1.68 bits per heavy atom. The highest BCUT2D eigenvalue weighted by molar-refractivity contribution is 6.30. The Morgan fingerprint density at radius 1 is 0.935 bits per heavy atom. The summed E-state index contributed by atoms with van der Waals surface area (Å²) in [6, 6.07) is 16.7. The molecule has 1 aliphatic heterocycles. The molecule has 0 aliphatic carbocycles. The van der Waals surface area contributed by atoms with Crippen molar-refractivity contribution < 1.29 is 9.21 Å². The number of anilines is 1. The van der Waals surface area contributed by atoms with Crippen molar-refractivity contribution in [3.05, 3.63) is 84.0 Å². The van der Waals surface area contributed by atoms with E-state index in [2.05, 4.69) is 15.0 Å². The van der Waals surface area contributed by atoms with Crippen LogP contribution >= 0.6 is 11.6 Å². The highest BCUT2D eigenvalue weighted by Gasteiger charge is 2.26. The predicted molar refractivity (Wildman–Crippen MR) is 119 cm³/mol. The fraction of sp³-hybridized carbons (Fsp3) is 0.174. The number of aromatic nitrogens is 3. The molecular formula is C23H20ClN5O2. The molecule has 4 heterocycles. The van der Waals surface area contributed by atoms with Crippen LogP contribution < -0.4 is 4.90 Å². The lowest BCUT2D eigenvalue weighted by Gasteiger charge is -2.35. The number of halogens is 1. The summed E-state index contributed by atoms with van der Waals surface area (Å²) in [5.74, 6) is 0.555. The number of benzene rings is 1. The SMILES string of the molecule is O=C(c1cc(-c2ccco2)n(-c2ccc(Cl)cc2)n1)N1CCN(c2ccncc2)CC1. The number of pyridine rings is 1. The summed E-state index contributed by atoms with van der Waals surface area (Å²) in [5.41, 5.74) is 3.02. The van der Waals surface area contributed by atoms with Gasteiger partial charge in [0.1, 0.15) is 5.69 Å². The van der Waals surface area contributed by atoms with Crippen LogP contribution in [0.1, 0.15) is 10.5 Å². The normalized spacial score (nSPS) is 14.1. The number of nitrogens with zero attached hydrogens (tertiary/aromatic N) is 5. The van der Waals surface area contributed by atoms with Gasteiger partial charge in [0.2, 0.25) is 0 Å². The molecule has 5 rings (SSSR count). The summed E-state index contributed by atoms with van der Waals surface area (Å²) >= 11 is 6.04. The second kappa shape index (κ2) is 8.28. The number of carbonyl (C=O) groups is 1. The molecule has 0 spiro atoms. The first kappa shape index (κ1) is 19.4. The second-order valence-corrected chi connectivity index (χ2v) is 7.70. The van der Waals surface area contributed by atoms with Gasteiger partial charge in [0.15, 0.2) is 11.5 Å². The molecule has 1 amide bonds. The average Bonchev–Trinajstić information content (AvgIpc) is 3.50. The van der Waals surface area contributed by atoms with Gasteiger partial charge >= 0.3 is 0 Å². The largest absolute Gasteiger partial charge is 0.463 e. The molecule has 1 aromatic carbocycles. The first-order valence-corrected chi connectivity index (χ1v) is 10.4. The van der Waals surface area contributed by atoms with E-state index < -0.39 is 0 Å². The molecule has 31 heavy (non-hydrogen) atoms. The van der Waals surface area contributed by atoms with E-state index in [1.54, 1.807) is 41.5 Å². The molecule has 0 atom stereocenters. The Bertz CT molecular complexity index is 1160. The average molecular weight is 434 g/mol. The first-order valence-electron chi connectivity index (χ1n) is 10.0. The number of rotatable bonds is 4. The van der Waals surface area contributed by atoms with E-state index in [0.717, 1.165) is 24.5 Å². The van der Waals surface area contributed by atoms with E-state index in [9.17, 15) is 4.79 Å². The summed E-state index contributed by atoms with van der Waals surface area (Å²) < 4.78 is 7.30. The van der Waals surface area contributed by atoms with Crippen molar-refractivity contribution in [1.29, 1.82) is 0 Å². The molecule has 3 aromatic heterocycles. The molecule has 8 heteroatoms. The van der Waals surface area contributed by atoms with Gasteiger partial charge in [0, 0.05) is 55.3 Å². The Morgan fingerprint density at radius 3 is 2.35 bits per heavy atom. The van der Waals surface area contributed by atoms with Gasteiger partial charge in [0.05, 0.1) is 12.0 Å². The molecular weight excluding hydrogens is 414 g/mol. The van der Waals surface area contributed by atoms with E-state index in [-0.39, 0.29) is 5.91 Å². The van der Waals surface area contributed by atoms with E-state index in [0.29, 0.717) is 35.3 Å². The maximum atomic E-state index is 13.2. The van der Waals surface area contributed by atoms with Gasteiger partial charge < -0.3 is 14.2 Å². The first-order chi connectivity index (χ1) is 15.2. The fourth-order valence-electron chi connectivity index (χ4n) is 3.75.